The highest BCUT2D eigenvalue weighted by molar-refractivity contribution is 5.78. The molecule has 0 saturated carbocycles. The standard InChI is InChI=1S/C23H27F2N3O2/c24-20-4-1-5-21(25)19(20)13-22(29)27-15-18-6-7-23(30-18)8-11-28(12-9-23)16-17-3-2-10-26-14-17/h1-5,10,14,18H,6-9,11-13,15-16H2,(H,27,29)/t18-/m0/s1. The number of nitrogens with one attached hydrogen (secondary N) is 1. The number of carbonyl (C=O) groups is 1. The number of likely N-dealkylation sites (tertiary alicyclic amines) is 1. The van der Waals surface area contributed by atoms with E-state index in [0.29, 0.717) is 6.54 Å². The van der Waals surface area contributed by atoms with Gasteiger partial charge in [-0.1, -0.05) is 12.1 Å². The lowest BCUT2D eigenvalue weighted by Crippen LogP contribution is -2.45. The van der Waals surface area contributed by atoms with Crippen LogP contribution in [0.4, 0.5) is 8.78 Å². The van der Waals surface area contributed by atoms with E-state index in [0.717, 1.165) is 57.5 Å². The van der Waals surface area contributed by atoms with Gasteiger partial charge >= 0.3 is 0 Å². The Morgan fingerprint density at radius 2 is 1.93 bits per heavy atom. The Labute approximate surface area is 175 Å². The number of carbonyl (C=O) groups excluding carboxylic acids is 1. The largest absolute Gasteiger partial charge is 0.370 e. The van der Waals surface area contributed by atoms with Gasteiger partial charge in [0.25, 0.3) is 0 Å². The molecule has 1 N–H and O–H groups in total. The van der Waals surface area contributed by atoms with Crippen LogP contribution >= 0.6 is 0 Å². The van der Waals surface area contributed by atoms with Crippen molar-refractivity contribution < 1.29 is 18.3 Å². The van der Waals surface area contributed by atoms with Crippen molar-refractivity contribution in [1.29, 1.82) is 0 Å². The van der Waals surface area contributed by atoms with Crippen LogP contribution in [0.25, 0.3) is 0 Å². The Kier molecular flexibility index (Phi) is 6.39. The summed E-state index contributed by atoms with van der Waals surface area (Å²) in [6.07, 6.45) is 7.14. The Morgan fingerprint density at radius 1 is 1.17 bits per heavy atom. The van der Waals surface area contributed by atoms with Gasteiger partial charge in [0.1, 0.15) is 11.6 Å². The zero-order chi connectivity index (χ0) is 21.0. The molecule has 160 valence electrons. The van der Waals surface area contributed by atoms with Gasteiger partial charge in [-0.05, 0) is 49.4 Å². The van der Waals surface area contributed by atoms with Crippen LogP contribution in [0.3, 0.4) is 0 Å². The minimum Gasteiger partial charge on any atom is -0.370 e. The summed E-state index contributed by atoms with van der Waals surface area (Å²) < 4.78 is 33.8. The Morgan fingerprint density at radius 3 is 2.63 bits per heavy atom. The number of ether oxygens (including phenoxy) is 1. The van der Waals surface area contributed by atoms with Crippen molar-refractivity contribution in [2.75, 3.05) is 19.6 Å². The van der Waals surface area contributed by atoms with Crippen molar-refractivity contribution in [1.82, 2.24) is 15.2 Å². The molecular formula is C23H27F2N3O2. The molecule has 5 nitrogen and oxygen atoms in total. The van der Waals surface area contributed by atoms with E-state index in [-0.39, 0.29) is 23.7 Å². The topological polar surface area (TPSA) is 54.5 Å². The second kappa shape index (κ2) is 9.18. The van der Waals surface area contributed by atoms with Gasteiger partial charge in [-0.3, -0.25) is 14.7 Å². The first kappa shape index (κ1) is 20.9. The monoisotopic (exact) mass is 415 g/mol. The molecule has 0 bridgehead atoms. The van der Waals surface area contributed by atoms with E-state index < -0.39 is 17.5 Å². The molecule has 1 amide bonds. The number of pyridine rings is 1. The van der Waals surface area contributed by atoms with Crippen LogP contribution in [0.15, 0.2) is 42.7 Å². The normalized spacial score (nSPS) is 21.1. The van der Waals surface area contributed by atoms with Gasteiger partial charge in [-0.15, -0.1) is 0 Å². The number of rotatable bonds is 6. The van der Waals surface area contributed by atoms with Gasteiger partial charge < -0.3 is 10.1 Å². The van der Waals surface area contributed by atoms with Gasteiger partial charge in [-0.25, -0.2) is 8.78 Å². The van der Waals surface area contributed by atoms with E-state index in [1.165, 1.54) is 11.6 Å². The molecule has 1 aromatic heterocycles. The zero-order valence-corrected chi connectivity index (χ0v) is 16.9. The Hall–Kier alpha value is -2.38. The lowest BCUT2D eigenvalue weighted by molar-refractivity contribution is -0.122. The molecule has 1 aromatic carbocycles. The maximum Gasteiger partial charge on any atom is 0.224 e. The van der Waals surface area contributed by atoms with Crippen molar-refractivity contribution >= 4 is 5.91 Å². The van der Waals surface area contributed by atoms with Crippen LogP contribution in [0.2, 0.25) is 0 Å². The summed E-state index contributed by atoms with van der Waals surface area (Å²) in [6.45, 7) is 3.22. The van der Waals surface area contributed by atoms with Crippen LogP contribution in [0.1, 0.15) is 36.8 Å². The third kappa shape index (κ3) is 5.02. The highest BCUT2D eigenvalue weighted by Gasteiger charge is 2.42. The second-order valence-corrected chi connectivity index (χ2v) is 8.28. The van der Waals surface area contributed by atoms with Crippen LogP contribution in [0.5, 0.6) is 0 Å². The Bertz CT molecular complexity index is 850. The molecule has 2 aliphatic heterocycles. The first-order chi connectivity index (χ1) is 14.5. The molecule has 0 aliphatic carbocycles. The summed E-state index contributed by atoms with van der Waals surface area (Å²) in [5.74, 6) is -1.78. The SMILES string of the molecule is O=C(Cc1c(F)cccc1F)NC[C@@H]1CCC2(CCN(Cc3cccnc3)CC2)O1. The van der Waals surface area contributed by atoms with Crippen LogP contribution in [-0.4, -0.2) is 47.1 Å². The number of hydrogen-bond donors (Lipinski definition) is 1. The summed E-state index contributed by atoms with van der Waals surface area (Å²) in [5, 5.41) is 2.78. The van der Waals surface area contributed by atoms with Gasteiger partial charge in [0.15, 0.2) is 0 Å². The summed E-state index contributed by atoms with van der Waals surface area (Å²) >= 11 is 0. The van der Waals surface area contributed by atoms with E-state index in [1.807, 2.05) is 12.3 Å². The van der Waals surface area contributed by atoms with E-state index in [1.54, 1.807) is 6.20 Å². The fraction of sp³-hybridized carbons (Fsp3) is 0.478. The van der Waals surface area contributed by atoms with Gasteiger partial charge in [0.2, 0.25) is 5.91 Å². The predicted molar refractivity (Wildman–Crippen MR) is 109 cm³/mol. The molecule has 0 unspecified atom stereocenters. The van der Waals surface area contributed by atoms with Crippen LogP contribution < -0.4 is 5.32 Å². The summed E-state index contributed by atoms with van der Waals surface area (Å²) in [4.78, 5) is 18.7. The molecule has 3 heterocycles. The molecular weight excluding hydrogens is 388 g/mol. The minimum absolute atomic E-state index is 0.0516. The number of aromatic nitrogens is 1. The fourth-order valence-electron chi connectivity index (χ4n) is 4.43. The molecule has 0 radical (unpaired) electrons. The highest BCUT2D eigenvalue weighted by atomic mass is 19.1. The van der Waals surface area contributed by atoms with Gasteiger partial charge in [0.05, 0.1) is 18.1 Å². The molecule has 2 saturated heterocycles. The number of nitrogens with zero attached hydrogens (tertiary/aromatic N) is 2. The van der Waals surface area contributed by atoms with Crippen molar-refractivity contribution in [3.63, 3.8) is 0 Å². The first-order valence-electron chi connectivity index (χ1n) is 10.5. The lowest BCUT2D eigenvalue weighted by atomic mass is 9.88. The van der Waals surface area contributed by atoms with Crippen molar-refractivity contribution in [3.8, 4) is 0 Å². The summed E-state index contributed by atoms with van der Waals surface area (Å²) in [6, 6.07) is 7.67. The third-order valence-electron chi connectivity index (χ3n) is 6.16. The average molecular weight is 415 g/mol. The number of hydrogen-bond acceptors (Lipinski definition) is 4. The molecule has 2 fully saturated rings. The number of halogens is 2. The maximum absolute atomic E-state index is 13.7. The number of benzene rings is 1. The van der Waals surface area contributed by atoms with Crippen LogP contribution in [-0.2, 0) is 22.5 Å². The summed E-state index contributed by atoms with van der Waals surface area (Å²) in [7, 11) is 0. The molecule has 7 heteroatoms. The summed E-state index contributed by atoms with van der Waals surface area (Å²) in [5.41, 5.74) is 0.908. The molecule has 1 spiro atoms. The molecule has 4 rings (SSSR count). The third-order valence-corrected chi connectivity index (χ3v) is 6.16. The van der Waals surface area contributed by atoms with E-state index in [4.69, 9.17) is 4.74 Å². The quantitative estimate of drug-likeness (QED) is 0.787. The number of amides is 1. The zero-order valence-electron chi connectivity index (χ0n) is 16.9. The van der Waals surface area contributed by atoms with Crippen LogP contribution in [0, 0.1) is 11.6 Å². The highest BCUT2D eigenvalue weighted by Crippen LogP contribution is 2.39. The number of piperidine rings is 1. The van der Waals surface area contributed by atoms with Gasteiger partial charge in [-0.2, -0.15) is 0 Å². The van der Waals surface area contributed by atoms with Crippen molar-refractivity contribution in [3.05, 3.63) is 65.5 Å². The molecule has 1 atom stereocenters. The van der Waals surface area contributed by atoms with E-state index in [9.17, 15) is 13.6 Å². The second-order valence-electron chi connectivity index (χ2n) is 8.28. The van der Waals surface area contributed by atoms with E-state index in [2.05, 4.69) is 21.3 Å². The molecule has 2 aromatic rings. The fourth-order valence-corrected chi connectivity index (χ4v) is 4.43. The van der Waals surface area contributed by atoms with E-state index >= 15 is 0 Å². The maximum atomic E-state index is 13.7. The lowest BCUT2D eigenvalue weighted by Gasteiger charge is -2.39. The first-order valence-corrected chi connectivity index (χ1v) is 10.5. The molecule has 30 heavy (non-hydrogen) atoms. The van der Waals surface area contributed by atoms with Gasteiger partial charge in [0, 0.05) is 44.1 Å². The smallest absolute Gasteiger partial charge is 0.224 e. The van der Waals surface area contributed by atoms with Crippen molar-refractivity contribution in [2.45, 2.75) is 50.4 Å². The molecule has 2 aliphatic rings. The Balaban J connectivity index is 1.22. The average Bonchev–Trinajstić information content (AvgIpc) is 3.15. The van der Waals surface area contributed by atoms with Crippen molar-refractivity contribution in [2.24, 2.45) is 0 Å². The minimum atomic E-state index is -0.695. The predicted octanol–water partition coefficient (Wildman–Crippen LogP) is 3.23.